The maximum absolute atomic E-state index is 10.9. The van der Waals surface area contributed by atoms with Crippen LogP contribution in [0.3, 0.4) is 0 Å². The molecular weight excluding hydrogens is 320 g/mol. The summed E-state index contributed by atoms with van der Waals surface area (Å²) in [5.74, 6) is 0. The Morgan fingerprint density at radius 2 is 2.17 bits per heavy atom. The second-order valence-electron chi connectivity index (χ2n) is 5.88. The van der Waals surface area contributed by atoms with Crippen molar-refractivity contribution >= 4 is 29.1 Å². The van der Waals surface area contributed by atoms with Crippen molar-refractivity contribution in [3.05, 3.63) is 22.7 Å². The predicted octanol–water partition coefficient (Wildman–Crippen LogP) is 1.56. The molecule has 2 aliphatic rings. The van der Waals surface area contributed by atoms with Crippen LogP contribution in [0.15, 0.2) is 12.1 Å². The molecule has 0 bridgehead atoms. The Morgan fingerprint density at radius 3 is 2.87 bits per heavy atom. The lowest BCUT2D eigenvalue weighted by Crippen LogP contribution is -2.50. The molecule has 8 heteroatoms. The predicted molar refractivity (Wildman–Crippen MR) is 86.0 cm³/mol. The molecule has 2 heterocycles. The molecular formula is C15H17ClN4O3. The molecule has 1 aromatic rings. The number of hydrogen-bond acceptors (Lipinski definition) is 5. The van der Waals surface area contributed by atoms with Crippen molar-refractivity contribution in [3.63, 3.8) is 0 Å². The lowest BCUT2D eigenvalue weighted by molar-refractivity contribution is 0.173. The molecule has 2 atom stereocenters. The molecule has 0 spiro atoms. The van der Waals surface area contributed by atoms with Gasteiger partial charge in [-0.2, -0.15) is 5.26 Å². The molecule has 7 nitrogen and oxygen atoms in total. The van der Waals surface area contributed by atoms with Crippen molar-refractivity contribution < 1.29 is 15.0 Å². The first-order valence-corrected chi connectivity index (χ1v) is 7.76. The number of amides is 1. The SMILES string of the molecule is N#Cc1cc(NC(=O)O)c(Cl)c(N2CCN3C[C@H](O)C[C@H]3C2)c1. The molecule has 3 rings (SSSR count). The zero-order chi connectivity index (χ0) is 16.6. The van der Waals surface area contributed by atoms with Gasteiger partial charge in [-0.25, -0.2) is 4.79 Å². The van der Waals surface area contributed by atoms with E-state index in [1.165, 1.54) is 6.07 Å². The van der Waals surface area contributed by atoms with Crippen LogP contribution in [0, 0.1) is 11.3 Å². The lowest BCUT2D eigenvalue weighted by Gasteiger charge is -2.39. The summed E-state index contributed by atoms with van der Waals surface area (Å²) >= 11 is 6.35. The summed E-state index contributed by atoms with van der Waals surface area (Å²) in [4.78, 5) is 15.2. The number of nitrogens with zero attached hydrogens (tertiary/aromatic N) is 3. The Bertz CT molecular complexity index is 675. The van der Waals surface area contributed by atoms with Gasteiger partial charge in [-0.1, -0.05) is 11.6 Å². The molecule has 2 fully saturated rings. The van der Waals surface area contributed by atoms with Crippen molar-refractivity contribution in [1.82, 2.24) is 4.90 Å². The third kappa shape index (κ3) is 3.20. The van der Waals surface area contributed by atoms with Crippen molar-refractivity contribution in [2.24, 2.45) is 0 Å². The number of fused-ring (bicyclic) bond motifs is 1. The molecule has 1 amide bonds. The van der Waals surface area contributed by atoms with E-state index in [4.69, 9.17) is 22.0 Å². The fraction of sp³-hybridized carbons (Fsp3) is 0.467. The van der Waals surface area contributed by atoms with Crippen molar-refractivity contribution in [1.29, 1.82) is 5.26 Å². The highest BCUT2D eigenvalue weighted by molar-refractivity contribution is 6.36. The number of nitriles is 1. The number of aliphatic hydroxyl groups is 1. The Labute approximate surface area is 138 Å². The van der Waals surface area contributed by atoms with E-state index < -0.39 is 6.09 Å². The van der Waals surface area contributed by atoms with Crippen LogP contribution in [-0.2, 0) is 0 Å². The van der Waals surface area contributed by atoms with E-state index in [2.05, 4.69) is 15.1 Å². The van der Waals surface area contributed by atoms with Gasteiger partial charge in [0.05, 0.1) is 34.1 Å². The number of rotatable bonds is 2. The van der Waals surface area contributed by atoms with E-state index in [9.17, 15) is 9.90 Å². The van der Waals surface area contributed by atoms with Gasteiger partial charge < -0.3 is 15.1 Å². The molecule has 0 aromatic heterocycles. The number of nitrogens with one attached hydrogen (secondary N) is 1. The molecule has 0 unspecified atom stereocenters. The minimum absolute atomic E-state index is 0.210. The first-order valence-electron chi connectivity index (χ1n) is 7.38. The minimum Gasteiger partial charge on any atom is -0.465 e. The maximum Gasteiger partial charge on any atom is 0.409 e. The maximum atomic E-state index is 10.9. The van der Waals surface area contributed by atoms with Crippen molar-refractivity contribution in [3.8, 4) is 6.07 Å². The monoisotopic (exact) mass is 336 g/mol. The fourth-order valence-electron chi connectivity index (χ4n) is 3.34. The van der Waals surface area contributed by atoms with Crippen molar-refractivity contribution in [2.75, 3.05) is 36.4 Å². The molecule has 3 N–H and O–H groups in total. The summed E-state index contributed by atoms with van der Waals surface area (Å²) in [7, 11) is 0. The number of hydrogen-bond donors (Lipinski definition) is 3. The van der Waals surface area contributed by atoms with E-state index in [0.29, 0.717) is 42.3 Å². The topological polar surface area (TPSA) is 99.8 Å². The second kappa shape index (κ2) is 6.24. The van der Waals surface area contributed by atoms with Gasteiger partial charge in [0.2, 0.25) is 0 Å². The highest BCUT2D eigenvalue weighted by Crippen LogP contribution is 2.36. The van der Waals surface area contributed by atoms with E-state index in [1.807, 2.05) is 6.07 Å². The van der Waals surface area contributed by atoms with Gasteiger partial charge in [0.15, 0.2) is 0 Å². The summed E-state index contributed by atoms with van der Waals surface area (Å²) in [5, 5.41) is 30.4. The molecule has 0 aliphatic carbocycles. The standard InChI is InChI=1S/C15H17ClN4O3/c16-14-12(18-15(22)23)3-9(6-17)4-13(14)20-2-1-19-8-11(21)5-10(19)7-20/h3-4,10-11,18,21H,1-2,5,7-8H2,(H,22,23)/t10-,11+/m0/s1. The van der Waals surface area contributed by atoms with E-state index in [0.717, 1.165) is 6.54 Å². The third-order valence-corrected chi connectivity index (χ3v) is 4.76. The van der Waals surface area contributed by atoms with Crippen LogP contribution in [0.5, 0.6) is 0 Å². The summed E-state index contributed by atoms with van der Waals surface area (Å²) in [6, 6.07) is 5.38. The average Bonchev–Trinajstić information content (AvgIpc) is 2.87. The van der Waals surface area contributed by atoms with Gasteiger partial charge in [0.1, 0.15) is 0 Å². The second-order valence-corrected chi connectivity index (χ2v) is 6.26. The van der Waals surface area contributed by atoms with Crippen LogP contribution >= 0.6 is 11.6 Å². The molecule has 1 aromatic carbocycles. The first-order chi connectivity index (χ1) is 11.0. The van der Waals surface area contributed by atoms with Gasteiger partial charge in [0, 0.05) is 32.2 Å². The van der Waals surface area contributed by atoms with E-state index in [1.54, 1.807) is 6.07 Å². The lowest BCUT2D eigenvalue weighted by atomic mass is 10.1. The van der Waals surface area contributed by atoms with Crippen molar-refractivity contribution in [2.45, 2.75) is 18.6 Å². The van der Waals surface area contributed by atoms with E-state index >= 15 is 0 Å². The smallest absolute Gasteiger partial charge is 0.409 e. The Morgan fingerprint density at radius 1 is 1.39 bits per heavy atom. The Kier molecular flexibility index (Phi) is 4.31. The third-order valence-electron chi connectivity index (χ3n) is 4.36. The number of anilines is 2. The normalized spacial score (nSPS) is 24.1. The van der Waals surface area contributed by atoms with E-state index in [-0.39, 0.29) is 17.8 Å². The van der Waals surface area contributed by atoms with Gasteiger partial charge in [0.25, 0.3) is 0 Å². The van der Waals surface area contributed by atoms with Gasteiger partial charge >= 0.3 is 6.09 Å². The molecule has 0 saturated carbocycles. The first kappa shape index (κ1) is 15.9. The summed E-state index contributed by atoms with van der Waals surface area (Å²) < 4.78 is 0. The largest absolute Gasteiger partial charge is 0.465 e. The minimum atomic E-state index is -1.23. The molecule has 23 heavy (non-hydrogen) atoms. The quantitative estimate of drug-likeness (QED) is 0.758. The van der Waals surface area contributed by atoms with Crippen LogP contribution in [0.1, 0.15) is 12.0 Å². The Hall–Kier alpha value is -2.01. The molecule has 2 saturated heterocycles. The van der Waals surface area contributed by atoms with Crippen LogP contribution in [-0.4, -0.2) is 59.5 Å². The van der Waals surface area contributed by atoms with Gasteiger partial charge in [-0.05, 0) is 18.6 Å². The van der Waals surface area contributed by atoms with Gasteiger partial charge in [-0.15, -0.1) is 0 Å². The zero-order valence-corrected chi connectivity index (χ0v) is 13.1. The number of halogens is 1. The van der Waals surface area contributed by atoms with Crippen LogP contribution < -0.4 is 10.2 Å². The zero-order valence-electron chi connectivity index (χ0n) is 12.4. The number of aliphatic hydroxyl groups excluding tert-OH is 1. The number of piperazine rings is 1. The summed E-state index contributed by atoms with van der Waals surface area (Å²) in [5.41, 5.74) is 1.21. The average molecular weight is 337 g/mol. The highest BCUT2D eigenvalue weighted by atomic mass is 35.5. The summed E-state index contributed by atoms with van der Waals surface area (Å²) in [6.07, 6.45) is -0.812. The van der Waals surface area contributed by atoms with Crippen LogP contribution in [0.4, 0.5) is 16.2 Å². The van der Waals surface area contributed by atoms with Crippen LogP contribution in [0.2, 0.25) is 5.02 Å². The summed E-state index contributed by atoms with van der Waals surface area (Å²) in [6.45, 7) is 2.90. The fourth-order valence-corrected chi connectivity index (χ4v) is 3.62. The molecule has 0 radical (unpaired) electrons. The molecule has 2 aliphatic heterocycles. The number of carboxylic acid groups (broad SMARTS) is 1. The number of benzene rings is 1. The number of carbonyl (C=O) groups is 1. The Balaban J connectivity index is 1.90. The highest BCUT2D eigenvalue weighted by Gasteiger charge is 2.36. The molecule has 122 valence electrons. The van der Waals surface area contributed by atoms with Crippen LogP contribution in [0.25, 0.3) is 0 Å². The van der Waals surface area contributed by atoms with Gasteiger partial charge in [-0.3, -0.25) is 10.2 Å².